The SMILES string of the molecule is CCNCc1cc(-c2ccc3c(c2)COC3)ccc1Cl. The standard InChI is InChI=1S/C17H18ClNO/c1-2-19-9-15-7-13(5-6-17(15)18)12-3-4-14-10-20-11-16(14)8-12/h3-8,19H,2,9-11H2,1H3. The molecule has 1 N–H and O–H groups in total. The summed E-state index contributed by atoms with van der Waals surface area (Å²) in [5, 5.41) is 4.14. The molecule has 0 amide bonds. The van der Waals surface area contributed by atoms with E-state index in [0.717, 1.165) is 36.9 Å². The third kappa shape index (κ3) is 2.73. The van der Waals surface area contributed by atoms with E-state index in [0.29, 0.717) is 0 Å². The van der Waals surface area contributed by atoms with Crippen molar-refractivity contribution >= 4 is 11.6 Å². The number of fused-ring (bicyclic) bond motifs is 1. The van der Waals surface area contributed by atoms with Gasteiger partial charge in [-0.1, -0.05) is 36.7 Å². The Balaban J connectivity index is 1.93. The molecular weight excluding hydrogens is 270 g/mol. The van der Waals surface area contributed by atoms with E-state index in [4.69, 9.17) is 16.3 Å². The van der Waals surface area contributed by atoms with Crippen LogP contribution in [0.3, 0.4) is 0 Å². The van der Waals surface area contributed by atoms with Gasteiger partial charge in [-0.25, -0.2) is 0 Å². The molecule has 0 bridgehead atoms. The first-order chi connectivity index (χ1) is 9.78. The number of hydrogen-bond acceptors (Lipinski definition) is 2. The van der Waals surface area contributed by atoms with Gasteiger partial charge in [0.2, 0.25) is 0 Å². The molecule has 0 fully saturated rings. The third-order valence-corrected chi connectivity index (χ3v) is 4.03. The highest BCUT2D eigenvalue weighted by Crippen LogP contribution is 2.29. The van der Waals surface area contributed by atoms with Crippen LogP contribution in [0.15, 0.2) is 36.4 Å². The third-order valence-electron chi connectivity index (χ3n) is 3.67. The van der Waals surface area contributed by atoms with Crippen molar-refractivity contribution in [3.63, 3.8) is 0 Å². The summed E-state index contributed by atoms with van der Waals surface area (Å²) in [5.41, 5.74) is 6.17. The summed E-state index contributed by atoms with van der Waals surface area (Å²) in [6, 6.07) is 12.8. The average Bonchev–Trinajstić information content (AvgIpc) is 2.94. The van der Waals surface area contributed by atoms with Gasteiger partial charge < -0.3 is 10.1 Å². The fraction of sp³-hybridized carbons (Fsp3) is 0.294. The van der Waals surface area contributed by atoms with Gasteiger partial charge in [0.05, 0.1) is 13.2 Å². The molecule has 1 aliphatic heterocycles. The lowest BCUT2D eigenvalue weighted by Gasteiger charge is -2.09. The van der Waals surface area contributed by atoms with Crippen molar-refractivity contribution in [1.29, 1.82) is 0 Å². The Bertz CT molecular complexity index is 624. The minimum Gasteiger partial charge on any atom is -0.372 e. The normalized spacial score (nSPS) is 13.5. The average molecular weight is 288 g/mol. The van der Waals surface area contributed by atoms with Crippen LogP contribution in [0.1, 0.15) is 23.6 Å². The number of nitrogens with one attached hydrogen (secondary N) is 1. The van der Waals surface area contributed by atoms with Crippen molar-refractivity contribution in [3.05, 3.63) is 58.1 Å². The lowest BCUT2D eigenvalue weighted by molar-refractivity contribution is 0.134. The van der Waals surface area contributed by atoms with E-state index in [1.54, 1.807) is 0 Å². The molecule has 0 spiro atoms. The molecule has 0 atom stereocenters. The van der Waals surface area contributed by atoms with E-state index in [2.05, 4.69) is 42.6 Å². The second kappa shape index (κ2) is 5.96. The van der Waals surface area contributed by atoms with Crippen molar-refractivity contribution in [2.75, 3.05) is 6.54 Å². The summed E-state index contributed by atoms with van der Waals surface area (Å²) in [7, 11) is 0. The largest absolute Gasteiger partial charge is 0.372 e. The molecule has 2 nitrogen and oxygen atoms in total. The number of benzene rings is 2. The first-order valence-corrected chi connectivity index (χ1v) is 7.35. The molecular formula is C17H18ClNO. The maximum atomic E-state index is 6.25. The molecule has 0 saturated heterocycles. The van der Waals surface area contributed by atoms with E-state index in [-0.39, 0.29) is 0 Å². The molecule has 2 aromatic rings. The minimum absolute atomic E-state index is 0.723. The molecule has 1 aliphatic rings. The minimum atomic E-state index is 0.723. The van der Waals surface area contributed by atoms with Crippen molar-refractivity contribution in [3.8, 4) is 11.1 Å². The highest BCUT2D eigenvalue weighted by atomic mass is 35.5. The number of ether oxygens (including phenoxy) is 1. The molecule has 0 saturated carbocycles. The quantitative estimate of drug-likeness (QED) is 0.912. The zero-order chi connectivity index (χ0) is 13.9. The Kier molecular flexibility index (Phi) is 4.06. The summed E-state index contributed by atoms with van der Waals surface area (Å²) in [6.07, 6.45) is 0. The van der Waals surface area contributed by atoms with Crippen LogP contribution in [-0.2, 0) is 24.5 Å². The molecule has 104 valence electrons. The Morgan fingerprint density at radius 3 is 2.65 bits per heavy atom. The lowest BCUT2D eigenvalue weighted by atomic mass is 9.99. The van der Waals surface area contributed by atoms with Gasteiger partial charge in [-0.05, 0) is 52.6 Å². The van der Waals surface area contributed by atoms with E-state index in [9.17, 15) is 0 Å². The second-order valence-electron chi connectivity index (χ2n) is 5.06. The van der Waals surface area contributed by atoms with Crippen LogP contribution in [0, 0.1) is 0 Å². The van der Waals surface area contributed by atoms with E-state index < -0.39 is 0 Å². The molecule has 2 aromatic carbocycles. The van der Waals surface area contributed by atoms with Crippen molar-refractivity contribution in [1.82, 2.24) is 5.32 Å². The van der Waals surface area contributed by atoms with Crippen LogP contribution in [0.25, 0.3) is 11.1 Å². The van der Waals surface area contributed by atoms with Gasteiger partial charge >= 0.3 is 0 Å². The summed E-state index contributed by atoms with van der Waals surface area (Å²) in [4.78, 5) is 0. The van der Waals surface area contributed by atoms with Gasteiger partial charge in [0.15, 0.2) is 0 Å². The fourth-order valence-corrected chi connectivity index (χ4v) is 2.69. The predicted octanol–water partition coefficient (Wildman–Crippen LogP) is 4.15. The van der Waals surface area contributed by atoms with Gasteiger partial charge in [0.25, 0.3) is 0 Å². The van der Waals surface area contributed by atoms with Crippen molar-refractivity contribution in [2.24, 2.45) is 0 Å². The van der Waals surface area contributed by atoms with Crippen molar-refractivity contribution in [2.45, 2.75) is 26.7 Å². The Morgan fingerprint density at radius 2 is 1.80 bits per heavy atom. The van der Waals surface area contributed by atoms with Gasteiger partial charge in [0.1, 0.15) is 0 Å². The lowest BCUT2D eigenvalue weighted by Crippen LogP contribution is -2.12. The summed E-state index contributed by atoms with van der Waals surface area (Å²) < 4.78 is 5.47. The molecule has 0 aliphatic carbocycles. The van der Waals surface area contributed by atoms with Crippen LogP contribution in [0.2, 0.25) is 5.02 Å². The van der Waals surface area contributed by atoms with Crippen LogP contribution in [-0.4, -0.2) is 6.54 Å². The van der Waals surface area contributed by atoms with E-state index in [1.807, 2.05) is 6.07 Å². The molecule has 1 heterocycles. The number of halogens is 1. The van der Waals surface area contributed by atoms with Crippen LogP contribution >= 0.6 is 11.6 Å². The Morgan fingerprint density at radius 1 is 1.05 bits per heavy atom. The molecule has 20 heavy (non-hydrogen) atoms. The van der Waals surface area contributed by atoms with Crippen LogP contribution in [0.4, 0.5) is 0 Å². The summed E-state index contributed by atoms with van der Waals surface area (Å²) in [6.45, 7) is 5.30. The molecule has 3 heteroatoms. The van der Waals surface area contributed by atoms with Crippen LogP contribution < -0.4 is 5.32 Å². The highest BCUT2D eigenvalue weighted by molar-refractivity contribution is 6.31. The molecule has 0 aromatic heterocycles. The van der Waals surface area contributed by atoms with Crippen LogP contribution in [0.5, 0.6) is 0 Å². The smallest absolute Gasteiger partial charge is 0.0725 e. The maximum Gasteiger partial charge on any atom is 0.0725 e. The Hall–Kier alpha value is -1.35. The fourth-order valence-electron chi connectivity index (χ4n) is 2.50. The topological polar surface area (TPSA) is 21.3 Å². The van der Waals surface area contributed by atoms with E-state index >= 15 is 0 Å². The van der Waals surface area contributed by atoms with Gasteiger partial charge in [-0.15, -0.1) is 0 Å². The molecule has 3 rings (SSSR count). The zero-order valence-corrected chi connectivity index (χ0v) is 12.3. The number of hydrogen-bond donors (Lipinski definition) is 1. The van der Waals surface area contributed by atoms with Gasteiger partial charge in [-0.2, -0.15) is 0 Å². The van der Waals surface area contributed by atoms with E-state index in [1.165, 1.54) is 22.3 Å². The predicted molar refractivity (Wildman–Crippen MR) is 82.8 cm³/mol. The first kappa shape index (κ1) is 13.6. The monoisotopic (exact) mass is 287 g/mol. The van der Waals surface area contributed by atoms with Gasteiger partial charge in [-0.3, -0.25) is 0 Å². The first-order valence-electron chi connectivity index (χ1n) is 6.97. The van der Waals surface area contributed by atoms with Crippen molar-refractivity contribution < 1.29 is 4.74 Å². The maximum absolute atomic E-state index is 6.25. The zero-order valence-electron chi connectivity index (χ0n) is 11.6. The second-order valence-corrected chi connectivity index (χ2v) is 5.47. The number of rotatable bonds is 4. The van der Waals surface area contributed by atoms with Gasteiger partial charge in [0, 0.05) is 11.6 Å². The Labute approximate surface area is 124 Å². The molecule has 0 unspecified atom stereocenters. The molecule has 0 radical (unpaired) electrons. The summed E-state index contributed by atoms with van der Waals surface area (Å²) >= 11 is 6.25. The summed E-state index contributed by atoms with van der Waals surface area (Å²) in [5.74, 6) is 0. The highest BCUT2D eigenvalue weighted by Gasteiger charge is 2.12.